The van der Waals surface area contributed by atoms with Gasteiger partial charge in [0, 0.05) is 18.5 Å². The van der Waals surface area contributed by atoms with Crippen molar-refractivity contribution < 1.29 is 4.79 Å². The van der Waals surface area contributed by atoms with Crippen molar-refractivity contribution in [2.45, 2.75) is 78.3 Å². The summed E-state index contributed by atoms with van der Waals surface area (Å²) in [7, 11) is 0. The van der Waals surface area contributed by atoms with Crippen molar-refractivity contribution in [2.75, 3.05) is 0 Å². The van der Waals surface area contributed by atoms with Gasteiger partial charge in [0.2, 0.25) is 5.91 Å². The summed E-state index contributed by atoms with van der Waals surface area (Å²) in [4.78, 5) is 25.2. The fraction of sp³-hybridized carbons (Fsp3) is 0.652. The Balaban J connectivity index is 1.47. The van der Waals surface area contributed by atoms with Crippen LogP contribution in [0.2, 0.25) is 0 Å². The molecule has 158 valence electrons. The Morgan fingerprint density at radius 1 is 1.14 bits per heavy atom. The Kier molecular flexibility index (Phi) is 7.40. The van der Waals surface area contributed by atoms with Crippen LogP contribution in [-0.4, -0.2) is 26.9 Å². The largest absolute Gasteiger partial charge is 0.353 e. The summed E-state index contributed by atoms with van der Waals surface area (Å²) >= 11 is 0. The second-order valence-electron chi connectivity index (χ2n) is 9.05. The van der Waals surface area contributed by atoms with E-state index in [1.165, 1.54) is 11.1 Å². The molecule has 0 radical (unpaired) electrons. The number of carbonyl (C=O) groups is 1. The molecule has 6 nitrogen and oxygen atoms in total. The number of carbonyl (C=O) groups excluding carboxylic acids is 1. The first-order valence-corrected chi connectivity index (χ1v) is 11.1. The molecule has 0 bridgehead atoms. The highest BCUT2D eigenvalue weighted by Crippen LogP contribution is 2.30. The molecule has 1 N–H and O–H groups in total. The van der Waals surface area contributed by atoms with Crippen LogP contribution in [-0.2, 0) is 11.3 Å². The van der Waals surface area contributed by atoms with Crippen LogP contribution in [0.25, 0.3) is 10.9 Å². The highest BCUT2D eigenvalue weighted by molar-refractivity contribution is 5.79. The van der Waals surface area contributed by atoms with Crippen LogP contribution in [0.5, 0.6) is 0 Å². The first kappa shape index (κ1) is 21.5. The summed E-state index contributed by atoms with van der Waals surface area (Å²) in [5.74, 6) is 1.38. The van der Waals surface area contributed by atoms with Crippen LogP contribution in [0.4, 0.5) is 0 Å². The molecule has 0 aliphatic heterocycles. The van der Waals surface area contributed by atoms with E-state index in [0.717, 1.165) is 38.5 Å². The maximum atomic E-state index is 12.6. The minimum Gasteiger partial charge on any atom is -0.353 e. The van der Waals surface area contributed by atoms with Crippen LogP contribution in [0, 0.1) is 17.8 Å². The number of rotatable bonds is 8. The molecule has 2 aromatic rings. The summed E-state index contributed by atoms with van der Waals surface area (Å²) in [5.41, 5.74) is 0.558. The highest BCUT2D eigenvalue weighted by atomic mass is 16.2. The second-order valence-corrected chi connectivity index (χ2v) is 9.05. The summed E-state index contributed by atoms with van der Waals surface area (Å²) in [6, 6.07) is 7.56. The van der Waals surface area contributed by atoms with Crippen molar-refractivity contribution in [3.63, 3.8) is 0 Å². The number of hydrogen-bond donors (Lipinski definition) is 1. The third kappa shape index (κ3) is 5.87. The van der Waals surface area contributed by atoms with Gasteiger partial charge < -0.3 is 5.32 Å². The van der Waals surface area contributed by atoms with E-state index in [4.69, 9.17) is 0 Å². The van der Waals surface area contributed by atoms with E-state index in [2.05, 4.69) is 36.4 Å². The van der Waals surface area contributed by atoms with E-state index in [-0.39, 0.29) is 23.4 Å². The average Bonchev–Trinajstić information content (AvgIpc) is 2.70. The van der Waals surface area contributed by atoms with E-state index in [1.807, 2.05) is 18.2 Å². The minimum absolute atomic E-state index is 0.0781. The molecular weight excluding hydrogens is 364 g/mol. The summed E-state index contributed by atoms with van der Waals surface area (Å²) in [6.07, 6.45) is 7.07. The number of benzene rings is 1. The second kappa shape index (κ2) is 9.99. The lowest BCUT2D eigenvalue weighted by atomic mass is 9.81. The van der Waals surface area contributed by atoms with E-state index in [9.17, 15) is 9.59 Å². The molecule has 1 aromatic heterocycles. The van der Waals surface area contributed by atoms with Crippen molar-refractivity contribution in [1.29, 1.82) is 0 Å². The summed E-state index contributed by atoms with van der Waals surface area (Å²) < 4.78 is 1.49. The number of nitrogens with one attached hydrogen (secondary N) is 1. The van der Waals surface area contributed by atoms with E-state index in [0.29, 0.717) is 29.3 Å². The zero-order valence-electron chi connectivity index (χ0n) is 17.9. The predicted octanol–water partition coefficient (Wildman–Crippen LogP) is 3.93. The lowest BCUT2D eigenvalue weighted by Crippen LogP contribution is -2.39. The highest BCUT2D eigenvalue weighted by Gasteiger charge is 2.27. The van der Waals surface area contributed by atoms with Crippen LogP contribution in [0.3, 0.4) is 0 Å². The molecule has 1 aromatic carbocycles. The Hall–Kier alpha value is -2.24. The average molecular weight is 399 g/mol. The van der Waals surface area contributed by atoms with Gasteiger partial charge in [-0.25, -0.2) is 4.68 Å². The first-order chi connectivity index (χ1) is 13.9. The lowest BCUT2D eigenvalue weighted by molar-refractivity contribution is -0.126. The molecule has 1 amide bonds. The number of amides is 1. The molecule has 0 saturated heterocycles. The summed E-state index contributed by atoms with van der Waals surface area (Å²) in [6.45, 7) is 7.16. The van der Waals surface area contributed by atoms with Crippen LogP contribution in [0.1, 0.15) is 65.7 Å². The first-order valence-electron chi connectivity index (χ1n) is 11.1. The maximum Gasteiger partial charge on any atom is 0.277 e. The van der Waals surface area contributed by atoms with Crippen LogP contribution >= 0.6 is 0 Å². The quantitative estimate of drug-likeness (QED) is 0.731. The van der Waals surface area contributed by atoms with Gasteiger partial charge >= 0.3 is 0 Å². The molecule has 29 heavy (non-hydrogen) atoms. The molecule has 0 unspecified atom stereocenters. The van der Waals surface area contributed by atoms with Crippen LogP contribution in [0.15, 0.2) is 29.1 Å². The SMILES string of the molecule is CC(C)CCC[C@@H](C)NC(=O)C1CCC(Cn2nnc3ccccc3c2=O)CC1. The molecule has 1 aliphatic carbocycles. The normalized spacial score (nSPS) is 20.7. The van der Waals surface area contributed by atoms with Gasteiger partial charge in [0.1, 0.15) is 5.52 Å². The molecule has 1 aliphatic rings. The van der Waals surface area contributed by atoms with Gasteiger partial charge in [-0.1, -0.05) is 44.0 Å². The Morgan fingerprint density at radius 2 is 1.86 bits per heavy atom. The van der Waals surface area contributed by atoms with Crippen molar-refractivity contribution in [3.05, 3.63) is 34.6 Å². The molecule has 1 fully saturated rings. The van der Waals surface area contributed by atoms with Gasteiger partial charge in [0.05, 0.1) is 5.39 Å². The van der Waals surface area contributed by atoms with Gasteiger partial charge in [0.25, 0.3) is 5.56 Å². The van der Waals surface area contributed by atoms with Crippen molar-refractivity contribution >= 4 is 16.8 Å². The zero-order chi connectivity index (χ0) is 20.8. The fourth-order valence-corrected chi connectivity index (χ4v) is 4.26. The number of hydrogen-bond acceptors (Lipinski definition) is 4. The molecule has 1 heterocycles. The van der Waals surface area contributed by atoms with E-state index < -0.39 is 0 Å². The van der Waals surface area contributed by atoms with Gasteiger partial charge in [-0.3, -0.25) is 9.59 Å². The molecule has 0 spiro atoms. The van der Waals surface area contributed by atoms with Gasteiger partial charge in [0.15, 0.2) is 0 Å². The monoisotopic (exact) mass is 398 g/mol. The maximum absolute atomic E-state index is 12.6. The summed E-state index contributed by atoms with van der Waals surface area (Å²) in [5, 5.41) is 12.1. The zero-order valence-corrected chi connectivity index (χ0v) is 17.9. The molecule has 1 saturated carbocycles. The topological polar surface area (TPSA) is 76.9 Å². The number of nitrogens with zero attached hydrogens (tertiary/aromatic N) is 3. The van der Waals surface area contributed by atoms with Crippen molar-refractivity contribution in [1.82, 2.24) is 20.3 Å². The molecule has 1 atom stereocenters. The van der Waals surface area contributed by atoms with Gasteiger partial charge in [-0.05, 0) is 63.0 Å². The number of fused-ring (bicyclic) bond motifs is 1. The van der Waals surface area contributed by atoms with Gasteiger partial charge in [-0.15, -0.1) is 5.10 Å². The smallest absolute Gasteiger partial charge is 0.277 e. The third-order valence-corrected chi connectivity index (χ3v) is 6.09. The third-order valence-electron chi connectivity index (χ3n) is 6.09. The van der Waals surface area contributed by atoms with E-state index >= 15 is 0 Å². The molecule has 6 heteroatoms. The lowest BCUT2D eigenvalue weighted by Gasteiger charge is -2.28. The predicted molar refractivity (Wildman–Crippen MR) is 116 cm³/mol. The fourth-order valence-electron chi connectivity index (χ4n) is 4.26. The number of aromatic nitrogens is 3. The standard InChI is InChI=1S/C23H34N4O2/c1-16(2)7-6-8-17(3)24-22(28)19-13-11-18(12-14-19)15-27-23(29)20-9-4-5-10-21(20)25-26-27/h4-5,9-10,16-19H,6-8,11-15H2,1-3H3,(H,24,28)/t17-,18?,19?/m1/s1. The molecule has 3 rings (SSSR count). The van der Waals surface area contributed by atoms with Crippen LogP contribution < -0.4 is 10.9 Å². The van der Waals surface area contributed by atoms with Crippen molar-refractivity contribution in [3.8, 4) is 0 Å². The van der Waals surface area contributed by atoms with E-state index in [1.54, 1.807) is 6.07 Å². The Morgan fingerprint density at radius 3 is 2.59 bits per heavy atom. The molecular formula is C23H34N4O2. The van der Waals surface area contributed by atoms with Crippen molar-refractivity contribution in [2.24, 2.45) is 17.8 Å². The minimum atomic E-state index is -0.0781. The van der Waals surface area contributed by atoms with Gasteiger partial charge in [-0.2, -0.15) is 0 Å². The Labute approximate surface area is 173 Å². The Bertz CT molecular complexity index is 869.